The molecule has 0 N–H and O–H groups in total. The van der Waals surface area contributed by atoms with E-state index in [-0.39, 0.29) is 22.8 Å². The van der Waals surface area contributed by atoms with Crippen molar-refractivity contribution in [3.05, 3.63) is 53.6 Å². The number of aryl methyl sites for hydroxylation is 1. The maximum Gasteiger partial charge on any atom is 0.338 e. The first-order chi connectivity index (χ1) is 14.2. The number of ether oxygens (including phenoxy) is 3. The Hall–Kier alpha value is -3.07. The van der Waals surface area contributed by atoms with Crippen LogP contribution in [0.4, 0.5) is 5.69 Å². The van der Waals surface area contributed by atoms with Crippen LogP contribution in [0.15, 0.2) is 47.4 Å². The van der Waals surface area contributed by atoms with Gasteiger partial charge in [-0.1, -0.05) is 0 Å². The predicted molar refractivity (Wildman–Crippen MR) is 111 cm³/mol. The number of benzene rings is 2. The number of rotatable bonds is 9. The summed E-state index contributed by atoms with van der Waals surface area (Å²) in [6.07, 6.45) is 0. The molecule has 2 aromatic rings. The molecule has 0 spiro atoms. The highest BCUT2D eigenvalue weighted by Crippen LogP contribution is 2.29. The van der Waals surface area contributed by atoms with E-state index >= 15 is 0 Å². The molecule has 0 aliphatic rings. The van der Waals surface area contributed by atoms with Crippen LogP contribution in [-0.2, 0) is 24.3 Å². The number of hydrogen-bond acceptors (Lipinski definition) is 7. The molecule has 0 atom stereocenters. The Kier molecular flexibility index (Phi) is 7.82. The number of nitrogens with zero attached hydrogens (tertiary/aromatic N) is 1. The van der Waals surface area contributed by atoms with E-state index in [1.807, 2.05) is 6.92 Å². The summed E-state index contributed by atoms with van der Waals surface area (Å²) < 4.78 is 42.6. The van der Waals surface area contributed by atoms with Crippen LogP contribution in [0.5, 0.6) is 5.75 Å². The van der Waals surface area contributed by atoms with Crippen LogP contribution in [0.3, 0.4) is 0 Å². The van der Waals surface area contributed by atoms with Crippen LogP contribution in [0.1, 0.15) is 29.8 Å². The first-order valence-electron chi connectivity index (χ1n) is 9.34. The normalized spacial score (nSPS) is 10.9. The molecule has 2 aromatic carbocycles. The lowest BCUT2D eigenvalue weighted by Gasteiger charge is -2.25. The van der Waals surface area contributed by atoms with E-state index in [9.17, 15) is 18.0 Å². The molecule has 2 rings (SSSR count). The number of sulfonamides is 1. The van der Waals surface area contributed by atoms with Crippen molar-refractivity contribution < 1.29 is 32.2 Å². The lowest BCUT2D eigenvalue weighted by Crippen LogP contribution is -2.36. The van der Waals surface area contributed by atoms with Crippen molar-refractivity contribution in [2.45, 2.75) is 25.7 Å². The van der Waals surface area contributed by atoms with E-state index in [1.54, 1.807) is 26.0 Å². The molecular formula is C21H25NO7S. The van der Waals surface area contributed by atoms with Crippen molar-refractivity contribution in [3.63, 3.8) is 0 Å². The number of anilines is 1. The van der Waals surface area contributed by atoms with Gasteiger partial charge in [0.15, 0.2) is 0 Å². The van der Waals surface area contributed by atoms with E-state index in [0.717, 1.165) is 4.31 Å². The first-order valence-corrected chi connectivity index (χ1v) is 10.8. The fourth-order valence-electron chi connectivity index (χ4n) is 2.76. The van der Waals surface area contributed by atoms with Crippen LogP contribution >= 0.6 is 0 Å². The molecule has 30 heavy (non-hydrogen) atoms. The van der Waals surface area contributed by atoms with Gasteiger partial charge < -0.3 is 14.2 Å². The molecule has 0 heterocycles. The fourth-order valence-corrected chi connectivity index (χ4v) is 4.23. The molecule has 0 aliphatic heterocycles. The largest absolute Gasteiger partial charge is 0.494 e. The Morgan fingerprint density at radius 1 is 1.00 bits per heavy atom. The number of carbonyl (C=O) groups is 2. The zero-order valence-electron chi connectivity index (χ0n) is 17.4. The van der Waals surface area contributed by atoms with Gasteiger partial charge in [-0.2, -0.15) is 0 Å². The Morgan fingerprint density at radius 3 is 2.20 bits per heavy atom. The highest BCUT2D eigenvalue weighted by molar-refractivity contribution is 7.92. The van der Waals surface area contributed by atoms with Crippen LogP contribution in [0.25, 0.3) is 0 Å². The summed E-state index contributed by atoms with van der Waals surface area (Å²) in [5.74, 6) is -0.703. The van der Waals surface area contributed by atoms with E-state index in [4.69, 9.17) is 9.47 Å². The van der Waals surface area contributed by atoms with Gasteiger partial charge in [0.1, 0.15) is 12.3 Å². The maximum absolute atomic E-state index is 13.3. The van der Waals surface area contributed by atoms with Crippen LogP contribution in [0, 0.1) is 6.92 Å². The summed E-state index contributed by atoms with van der Waals surface area (Å²) in [6.45, 7) is 5.32. The second kappa shape index (κ2) is 10.1. The number of esters is 2. The molecule has 162 valence electrons. The van der Waals surface area contributed by atoms with Crippen molar-refractivity contribution in [2.24, 2.45) is 0 Å². The maximum atomic E-state index is 13.3. The van der Waals surface area contributed by atoms with Crippen LogP contribution in [-0.4, -0.2) is 47.2 Å². The van der Waals surface area contributed by atoms with Crippen molar-refractivity contribution in [2.75, 3.05) is 31.2 Å². The summed E-state index contributed by atoms with van der Waals surface area (Å²) in [7, 11) is -2.91. The molecular weight excluding hydrogens is 410 g/mol. The number of carbonyl (C=O) groups excluding carboxylic acids is 2. The van der Waals surface area contributed by atoms with Crippen molar-refractivity contribution in [3.8, 4) is 5.75 Å². The van der Waals surface area contributed by atoms with Crippen molar-refractivity contribution >= 4 is 27.6 Å². The number of methoxy groups -OCH3 is 1. The summed E-state index contributed by atoms with van der Waals surface area (Å²) >= 11 is 0. The molecule has 0 saturated heterocycles. The molecule has 0 saturated carbocycles. The van der Waals surface area contributed by atoms with E-state index in [2.05, 4.69) is 4.74 Å². The molecule has 0 aliphatic carbocycles. The molecule has 0 unspecified atom stereocenters. The minimum Gasteiger partial charge on any atom is -0.494 e. The van der Waals surface area contributed by atoms with Gasteiger partial charge in [-0.15, -0.1) is 0 Å². The molecule has 0 fully saturated rings. The van der Waals surface area contributed by atoms with Gasteiger partial charge in [0.25, 0.3) is 10.0 Å². The van der Waals surface area contributed by atoms with Gasteiger partial charge in [0.05, 0.1) is 36.5 Å². The Labute approximate surface area is 176 Å². The molecule has 0 bridgehead atoms. The molecule has 0 amide bonds. The van der Waals surface area contributed by atoms with E-state index < -0.39 is 28.5 Å². The van der Waals surface area contributed by atoms with Crippen molar-refractivity contribution in [1.29, 1.82) is 0 Å². The first kappa shape index (κ1) is 23.2. The molecule has 8 nitrogen and oxygen atoms in total. The lowest BCUT2D eigenvalue weighted by molar-refractivity contribution is -0.138. The van der Waals surface area contributed by atoms with Gasteiger partial charge in [-0.05, 0) is 68.8 Å². The van der Waals surface area contributed by atoms with Gasteiger partial charge in [-0.25, -0.2) is 13.2 Å². The second-order valence-electron chi connectivity index (χ2n) is 6.21. The Bertz CT molecular complexity index is 1000. The van der Waals surface area contributed by atoms with Gasteiger partial charge in [0.2, 0.25) is 0 Å². The second-order valence-corrected chi connectivity index (χ2v) is 8.08. The standard InChI is InChI=1S/C21H25NO7S/c1-5-28-17-8-10-18(11-9-17)30(25,26)22(14-20(23)27-4)19-12-7-16(13-15(19)3)21(24)29-6-2/h7-13H,5-6,14H2,1-4H3. The average Bonchev–Trinajstić information content (AvgIpc) is 2.72. The molecule has 0 aromatic heterocycles. The molecule has 9 heteroatoms. The third-order valence-corrected chi connectivity index (χ3v) is 5.97. The van der Waals surface area contributed by atoms with Crippen LogP contribution in [0.2, 0.25) is 0 Å². The topological polar surface area (TPSA) is 99.2 Å². The summed E-state index contributed by atoms with van der Waals surface area (Å²) in [5.41, 5.74) is 1.02. The van der Waals surface area contributed by atoms with Gasteiger partial charge in [0, 0.05) is 0 Å². The van der Waals surface area contributed by atoms with E-state index in [0.29, 0.717) is 17.9 Å². The van der Waals surface area contributed by atoms with Crippen LogP contribution < -0.4 is 9.04 Å². The zero-order valence-corrected chi connectivity index (χ0v) is 18.2. The Balaban J connectivity index is 2.49. The fraction of sp³-hybridized carbons (Fsp3) is 0.333. The smallest absolute Gasteiger partial charge is 0.338 e. The minimum absolute atomic E-state index is 0.0104. The number of hydrogen-bond donors (Lipinski definition) is 0. The highest BCUT2D eigenvalue weighted by atomic mass is 32.2. The summed E-state index contributed by atoms with van der Waals surface area (Å²) in [4.78, 5) is 23.9. The molecule has 0 radical (unpaired) electrons. The Morgan fingerprint density at radius 2 is 1.67 bits per heavy atom. The van der Waals surface area contributed by atoms with Gasteiger partial charge in [-0.3, -0.25) is 9.10 Å². The average molecular weight is 435 g/mol. The minimum atomic E-state index is -4.10. The third kappa shape index (κ3) is 5.29. The third-order valence-electron chi connectivity index (χ3n) is 4.20. The van der Waals surface area contributed by atoms with Crippen molar-refractivity contribution in [1.82, 2.24) is 0 Å². The summed E-state index contributed by atoms with van der Waals surface area (Å²) in [6, 6.07) is 10.4. The van der Waals surface area contributed by atoms with E-state index in [1.165, 1.54) is 37.4 Å². The lowest BCUT2D eigenvalue weighted by atomic mass is 10.1. The monoisotopic (exact) mass is 435 g/mol. The SMILES string of the molecule is CCOC(=O)c1ccc(N(CC(=O)OC)S(=O)(=O)c2ccc(OCC)cc2)c(C)c1. The highest BCUT2D eigenvalue weighted by Gasteiger charge is 2.29. The predicted octanol–water partition coefficient (Wildman–Crippen LogP) is 2.94. The summed E-state index contributed by atoms with van der Waals surface area (Å²) in [5, 5.41) is 0. The van der Waals surface area contributed by atoms with Gasteiger partial charge >= 0.3 is 11.9 Å². The quantitative estimate of drug-likeness (QED) is 0.558. The zero-order chi connectivity index (χ0) is 22.3.